The van der Waals surface area contributed by atoms with Gasteiger partial charge in [0.2, 0.25) is 10.0 Å². The van der Waals surface area contributed by atoms with Crippen LogP contribution in [0.15, 0.2) is 18.2 Å². The second-order valence-electron chi connectivity index (χ2n) is 5.64. The second kappa shape index (κ2) is 7.12. The Morgan fingerprint density at radius 2 is 2.24 bits per heavy atom. The summed E-state index contributed by atoms with van der Waals surface area (Å²) in [6, 6.07) is 5.61. The van der Waals surface area contributed by atoms with Gasteiger partial charge in [-0.1, -0.05) is 11.6 Å². The lowest BCUT2D eigenvalue weighted by atomic mass is 9.90. The highest BCUT2D eigenvalue weighted by molar-refractivity contribution is 14.1. The van der Waals surface area contributed by atoms with Gasteiger partial charge in [-0.05, 0) is 71.5 Å². The summed E-state index contributed by atoms with van der Waals surface area (Å²) < 4.78 is 26.0. The van der Waals surface area contributed by atoms with Crippen LogP contribution >= 0.6 is 34.2 Å². The van der Waals surface area contributed by atoms with Crippen molar-refractivity contribution in [1.29, 1.82) is 0 Å². The molecule has 1 aromatic rings. The molecule has 2 atom stereocenters. The predicted octanol–water partition coefficient (Wildman–Crippen LogP) is 3.01. The molecule has 0 aromatic heterocycles. The average molecular weight is 443 g/mol. The highest BCUT2D eigenvalue weighted by atomic mass is 127. The van der Waals surface area contributed by atoms with Crippen molar-refractivity contribution in [2.24, 2.45) is 11.7 Å². The molecule has 7 heteroatoms. The zero-order valence-electron chi connectivity index (χ0n) is 11.9. The first-order valence-corrected chi connectivity index (χ1v) is 10.2. The maximum atomic E-state index is 11.7. The molecule has 0 bridgehead atoms. The largest absolute Gasteiger partial charge is 0.324 e. The van der Waals surface area contributed by atoms with E-state index in [1.807, 2.05) is 18.2 Å². The summed E-state index contributed by atoms with van der Waals surface area (Å²) >= 11 is 8.30. The number of halogens is 2. The van der Waals surface area contributed by atoms with E-state index < -0.39 is 10.0 Å². The van der Waals surface area contributed by atoms with Gasteiger partial charge in [0.15, 0.2) is 0 Å². The molecule has 0 saturated carbocycles. The van der Waals surface area contributed by atoms with Gasteiger partial charge in [0.25, 0.3) is 0 Å². The van der Waals surface area contributed by atoms with Crippen LogP contribution in [0, 0.1) is 9.49 Å². The van der Waals surface area contributed by atoms with Crippen LogP contribution < -0.4 is 5.73 Å². The molecule has 1 fully saturated rings. The molecule has 1 aromatic carbocycles. The lowest BCUT2D eigenvalue weighted by molar-refractivity contribution is 0.247. The molecule has 1 heterocycles. The van der Waals surface area contributed by atoms with E-state index in [2.05, 4.69) is 22.6 Å². The van der Waals surface area contributed by atoms with Gasteiger partial charge in [-0.15, -0.1) is 0 Å². The number of hydrogen-bond acceptors (Lipinski definition) is 3. The minimum Gasteiger partial charge on any atom is -0.324 e. The SMILES string of the molecule is CS(=O)(=O)N1CCCC(CC(N)c2cc(Cl)ccc2I)C1. The first-order chi connectivity index (χ1) is 9.77. The van der Waals surface area contributed by atoms with Crippen LogP contribution in [0.2, 0.25) is 5.02 Å². The standard InChI is InChI=1S/C14H20ClIN2O2S/c1-21(19,20)18-6-2-3-10(9-18)7-14(17)12-8-11(15)4-5-13(12)16/h4-5,8,10,14H,2-3,6-7,9,17H2,1H3. The number of piperidine rings is 1. The van der Waals surface area contributed by atoms with Crippen molar-refractivity contribution in [3.63, 3.8) is 0 Å². The van der Waals surface area contributed by atoms with E-state index in [1.54, 1.807) is 4.31 Å². The predicted molar refractivity (Wildman–Crippen MR) is 94.9 cm³/mol. The number of sulfonamides is 1. The molecule has 0 amide bonds. The number of rotatable bonds is 4. The molecule has 1 aliphatic rings. The number of nitrogens with zero attached hydrogens (tertiary/aromatic N) is 1. The Balaban J connectivity index is 2.05. The Morgan fingerprint density at radius 1 is 1.52 bits per heavy atom. The van der Waals surface area contributed by atoms with Crippen LogP contribution in [-0.2, 0) is 10.0 Å². The van der Waals surface area contributed by atoms with Gasteiger partial charge < -0.3 is 5.73 Å². The molecule has 4 nitrogen and oxygen atoms in total. The topological polar surface area (TPSA) is 63.4 Å². The van der Waals surface area contributed by atoms with Gasteiger partial charge in [-0.2, -0.15) is 0 Å². The normalized spacial score (nSPS) is 22.2. The van der Waals surface area contributed by atoms with Crippen molar-refractivity contribution in [3.05, 3.63) is 32.4 Å². The minimum atomic E-state index is -3.10. The third kappa shape index (κ3) is 4.79. The van der Waals surface area contributed by atoms with E-state index in [4.69, 9.17) is 17.3 Å². The highest BCUT2D eigenvalue weighted by Crippen LogP contribution is 2.30. The van der Waals surface area contributed by atoms with Gasteiger partial charge in [0, 0.05) is 27.7 Å². The molecule has 118 valence electrons. The molecular weight excluding hydrogens is 423 g/mol. The first-order valence-electron chi connectivity index (χ1n) is 6.93. The van der Waals surface area contributed by atoms with Crippen molar-refractivity contribution in [3.8, 4) is 0 Å². The van der Waals surface area contributed by atoms with Crippen LogP contribution in [0.5, 0.6) is 0 Å². The van der Waals surface area contributed by atoms with E-state index in [-0.39, 0.29) is 6.04 Å². The maximum Gasteiger partial charge on any atom is 0.211 e. The summed E-state index contributed by atoms with van der Waals surface area (Å²) in [4.78, 5) is 0. The molecule has 0 spiro atoms. The average Bonchev–Trinajstić information content (AvgIpc) is 2.41. The Bertz CT molecular complexity index is 609. The molecule has 21 heavy (non-hydrogen) atoms. The van der Waals surface area contributed by atoms with E-state index >= 15 is 0 Å². The van der Waals surface area contributed by atoms with Gasteiger partial charge in [0.1, 0.15) is 0 Å². The fraction of sp³-hybridized carbons (Fsp3) is 0.571. The molecule has 2 N–H and O–H groups in total. The Hall–Kier alpha value is 0.110. The zero-order valence-corrected chi connectivity index (χ0v) is 15.7. The Labute approximate surface area is 145 Å². The van der Waals surface area contributed by atoms with Crippen molar-refractivity contribution in [2.45, 2.75) is 25.3 Å². The zero-order chi connectivity index (χ0) is 15.6. The molecule has 2 rings (SSSR count). The highest BCUT2D eigenvalue weighted by Gasteiger charge is 2.27. The van der Waals surface area contributed by atoms with E-state index in [9.17, 15) is 8.42 Å². The minimum absolute atomic E-state index is 0.111. The Morgan fingerprint density at radius 3 is 2.90 bits per heavy atom. The number of nitrogens with two attached hydrogens (primary N) is 1. The van der Waals surface area contributed by atoms with Gasteiger partial charge in [0.05, 0.1) is 6.26 Å². The first kappa shape index (κ1) is 17.5. The molecule has 2 unspecified atom stereocenters. The summed E-state index contributed by atoms with van der Waals surface area (Å²) in [5, 5.41) is 0.683. The number of hydrogen-bond donors (Lipinski definition) is 1. The molecule has 1 aliphatic heterocycles. The van der Waals surface area contributed by atoms with Crippen LogP contribution in [0.1, 0.15) is 30.9 Å². The van der Waals surface area contributed by atoms with E-state index in [0.29, 0.717) is 24.0 Å². The van der Waals surface area contributed by atoms with Crippen molar-refractivity contribution in [2.75, 3.05) is 19.3 Å². The summed E-state index contributed by atoms with van der Waals surface area (Å²) in [5.41, 5.74) is 7.36. The van der Waals surface area contributed by atoms with Gasteiger partial charge >= 0.3 is 0 Å². The fourth-order valence-electron chi connectivity index (χ4n) is 2.81. The molecule has 0 aliphatic carbocycles. The van der Waals surface area contributed by atoms with Gasteiger partial charge in [-0.3, -0.25) is 0 Å². The maximum absolute atomic E-state index is 11.7. The van der Waals surface area contributed by atoms with Crippen LogP contribution in [0.3, 0.4) is 0 Å². The summed E-state index contributed by atoms with van der Waals surface area (Å²) in [6.45, 7) is 1.20. The van der Waals surface area contributed by atoms with Crippen LogP contribution in [0.4, 0.5) is 0 Å². The van der Waals surface area contributed by atoms with Gasteiger partial charge in [-0.25, -0.2) is 12.7 Å². The van der Waals surface area contributed by atoms with Crippen molar-refractivity contribution >= 4 is 44.2 Å². The third-order valence-corrected chi connectivity index (χ3v) is 6.38. The lowest BCUT2D eigenvalue weighted by Crippen LogP contribution is -2.40. The smallest absolute Gasteiger partial charge is 0.211 e. The fourth-order valence-corrected chi connectivity index (χ4v) is 4.66. The monoisotopic (exact) mass is 442 g/mol. The quantitative estimate of drug-likeness (QED) is 0.729. The summed E-state index contributed by atoms with van der Waals surface area (Å²) in [6.07, 6.45) is 3.98. The number of benzene rings is 1. The Kier molecular flexibility index (Phi) is 5.92. The second-order valence-corrected chi connectivity index (χ2v) is 9.22. The summed E-state index contributed by atoms with van der Waals surface area (Å²) in [7, 11) is -3.10. The summed E-state index contributed by atoms with van der Waals surface area (Å²) in [5.74, 6) is 0.304. The molecule has 0 radical (unpaired) electrons. The van der Waals surface area contributed by atoms with Crippen LogP contribution in [0.25, 0.3) is 0 Å². The lowest BCUT2D eigenvalue weighted by Gasteiger charge is -2.32. The molecular formula is C14H20ClIN2O2S. The van der Waals surface area contributed by atoms with Crippen molar-refractivity contribution < 1.29 is 8.42 Å². The van der Waals surface area contributed by atoms with Crippen LogP contribution in [-0.4, -0.2) is 32.1 Å². The van der Waals surface area contributed by atoms with Crippen molar-refractivity contribution in [1.82, 2.24) is 4.31 Å². The third-order valence-electron chi connectivity index (χ3n) is 3.90. The van der Waals surface area contributed by atoms with E-state index in [1.165, 1.54) is 6.26 Å². The van der Waals surface area contributed by atoms with E-state index in [0.717, 1.165) is 28.4 Å². The molecule has 1 saturated heterocycles.